The van der Waals surface area contributed by atoms with Gasteiger partial charge in [0, 0.05) is 0 Å². The molecule has 0 spiro atoms. The van der Waals surface area contributed by atoms with Crippen LogP contribution >= 0.6 is 15.6 Å². The topological polar surface area (TPSA) is 142 Å². The molecule has 0 saturated heterocycles. The maximum Gasteiger partial charge on any atom is 0.647 e. The molecule has 0 bridgehead atoms. The maximum atomic E-state index is 13.1. The number of ether oxygens (including phenoxy) is 2. The summed E-state index contributed by atoms with van der Waals surface area (Å²) in [6, 6.07) is 59.5. The van der Waals surface area contributed by atoms with Gasteiger partial charge in [0.05, 0.1) is 24.3 Å². The summed E-state index contributed by atoms with van der Waals surface area (Å²) in [6.07, 6.45) is 8.61. The summed E-state index contributed by atoms with van der Waals surface area (Å²) in [5, 5.41) is 0. The van der Waals surface area contributed by atoms with Crippen LogP contribution in [0.2, 0.25) is 0 Å². The highest BCUT2D eigenvalue weighted by molar-refractivity contribution is 7.50. The van der Waals surface area contributed by atoms with Gasteiger partial charge in [-0.1, -0.05) is 229 Å². The molecule has 0 radical (unpaired) electrons. The number of para-hydroxylation sites is 6. The Bertz CT molecular complexity index is 2330. The molecule has 12 nitrogen and oxygen atoms in total. The van der Waals surface area contributed by atoms with E-state index in [0.717, 1.165) is 51.4 Å². The number of unbranched alkanes of at least 4 members (excludes halogenated alkanes) is 2. The van der Waals surface area contributed by atoms with E-state index in [0.29, 0.717) is 70.7 Å². The van der Waals surface area contributed by atoms with Gasteiger partial charge in [0.2, 0.25) is 0 Å². The Kier molecular flexibility index (Phi) is 35.9. The van der Waals surface area contributed by atoms with E-state index in [-0.39, 0.29) is 0 Å². The van der Waals surface area contributed by atoms with E-state index in [4.69, 9.17) is 36.6 Å². The third-order valence-corrected chi connectivity index (χ3v) is 13.7. The first-order valence-electron chi connectivity index (χ1n) is 28.1. The zero-order valence-corrected chi connectivity index (χ0v) is 50.4. The van der Waals surface area contributed by atoms with Crippen LogP contribution in [0.3, 0.4) is 0 Å². The van der Waals surface area contributed by atoms with Crippen molar-refractivity contribution in [3.63, 3.8) is 0 Å². The van der Waals surface area contributed by atoms with Crippen LogP contribution in [0.1, 0.15) is 141 Å². The van der Waals surface area contributed by atoms with Crippen LogP contribution in [0.4, 0.5) is 0 Å². The molecule has 0 heterocycles. The van der Waals surface area contributed by atoms with Crippen molar-refractivity contribution in [1.29, 1.82) is 0 Å². The Morgan fingerprint density at radius 3 is 0.725 bits per heavy atom. The molecule has 7 aromatic rings. The summed E-state index contributed by atoms with van der Waals surface area (Å²) in [6.45, 7) is 21.3. The van der Waals surface area contributed by atoms with Gasteiger partial charge >= 0.3 is 27.6 Å². The molecule has 14 heteroatoms. The second-order valence-corrected chi connectivity index (χ2v) is 19.8. The van der Waals surface area contributed by atoms with E-state index in [1.54, 1.807) is 170 Å². The molecular weight excluding hydrogens is 1050 g/mol. The van der Waals surface area contributed by atoms with Crippen molar-refractivity contribution >= 4 is 27.6 Å². The maximum absolute atomic E-state index is 13.1. The van der Waals surface area contributed by atoms with E-state index in [9.17, 15) is 18.7 Å². The van der Waals surface area contributed by atoms with Gasteiger partial charge in [0.25, 0.3) is 0 Å². The van der Waals surface area contributed by atoms with Crippen LogP contribution < -0.4 is 27.1 Å². The van der Waals surface area contributed by atoms with Crippen molar-refractivity contribution in [1.82, 2.24) is 0 Å². The highest BCUT2D eigenvalue weighted by atomic mass is 31.2. The van der Waals surface area contributed by atoms with Gasteiger partial charge in [0.15, 0.2) is 0 Å². The fourth-order valence-electron chi connectivity index (χ4n) is 6.95. The predicted octanol–water partition coefficient (Wildman–Crippen LogP) is 20.2. The minimum Gasteiger partial charge on any atom is -0.462 e. The van der Waals surface area contributed by atoms with Crippen LogP contribution in [0, 0.1) is 11.8 Å². The summed E-state index contributed by atoms with van der Waals surface area (Å²) < 4.78 is 70.3. The quantitative estimate of drug-likeness (QED) is 0.0376. The number of phosphoric acid groups is 2. The number of hydrogen-bond donors (Lipinski definition) is 0. The lowest BCUT2D eigenvalue weighted by Crippen LogP contribution is -2.19. The number of carbonyl (C=O) groups is 2. The summed E-state index contributed by atoms with van der Waals surface area (Å²) in [5.74, 6) is 2.28. The van der Waals surface area contributed by atoms with Crippen molar-refractivity contribution in [2.24, 2.45) is 11.8 Å². The van der Waals surface area contributed by atoms with Gasteiger partial charge in [-0.25, -0.2) is 9.59 Å². The molecule has 7 aromatic carbocycles. The molecule has 2 atom stereocenters. The molecule has 0 N–H and O–H groups in total. The first kappa shape index (κ1) is 68.8. The van der Waals surface area contributed by atoms with E-state index in [2.05, 4.69) is 27.7 Å². The Morgan fingerprint density at radius 1 is 0.338 bits per heavy atom. The molecule has 80 heavy (non-hydrogen) atoms. The molecule has 2 unspecified atom stereocenters. The highest BCUT2D eigenvalue weighted by Gasteiger charge is 2.34. The molecule has 0 aliphatic heterocycles. The van der Waals surface area contributed by atoms with Crippen LogP contribution in [0.5, 0.6) is 34.5 Å². The third-order valence-electron chi connectivity index (χ3n) is 11.1. The SMILES string of the molecule is CC.CC.CC.CCCCC(CC)COC(=O)c1ccccc1C(=O)OCC(CC)CCCC.O=P(Oc1ccccc1)(Oc1ccccc1)Oc1ccccc1.O=P(Oc1ccccc1)(Oc1ccccc1)Oc1ccccc1. The highest BCUT2D eigenvalue weighted by Crippen LogP contribution is 2.51. The second kappa shape index (κ2) is 41.7. The van der Waals surface area contributed by atoms with Crippen molar-refractivity contribution in [2.75, 3.05) is 13.2 Å². The van der Waals surface area contributed by atoms with Crippen molar-refractivity contribution in [3.05, 3.63) is 217 Å². The third kappa shape index (κ3) is 27.6. The average molecular weight is 1130 g/mol. The van der Waals surface area contributed by atoms with Gasteiger partial charge in [0.1, 0.15) is 34.5 Å². The van der Waals surface area contributed by atoms with E-state index < -0.39 is 27.6 Å². The lowest BCUT2D eigenvalue weighted by molar-refractivity contribution is 0.0381. The Balaban J connectivity index is 0.000000393. The molecule has 0 amide bonds. The van der Waals surface area contributed by atoms with Gasteiger partial charge in [-0.05, 0) is 110 Å². The minimum atomic E-state index is -3.89. The minimum absolute atomic E-state index is 0.291. The second-order valence-electron chi connectivity index (χ2n) is 16.9. The zero-order chi connectivity index (χ0) is 58.7. The van der Waals surface area contributed by atoms with Gasteiger partial charge in [-0.15, -0.1) is 0 Å². The number of benzene rings is 7. The van der Waals surface area contributed by atoms with Gasteiger partial charge in [-0.2, -0.15) is 9.13 Å². The first-order chi connectivity index (χ1) is 39.0. The molecule has 0 fully saturated rings. The summed E-state index contributed by atoms with van der Waals surface area (Å²) >= 11 is 0. The number of rotatable bonds is 26. The Hall–Kier alpha value is -7.26. The number of esters is 2. The average Bonchev–Trinajstić information content (AvgIpc) is 3.50. The molecule has 0 aliphatic rings. The lowest BCUT2D eigenvalue weighted by Gasteiger charge is -2.19. The summed E-state index contributed by atoms with van der Waals surface area (Å²) in [4.78, 5) is 25.1. The zero-order valence-electron chi connectivity index (χ0n) is 48.6. The summed E-state index contributed by atoms with van der Waals surface area (Å²) in [7, 11) is -7.77. The molecule has 432 valence electrons. The van der Waals surface area contributed by atoms with Crippen LogP contribution in [0.15, 0.2) is 206 Å². The molecule has 0 saturated carbocycles. The van der Waals surface area contributed by atoms with Crippen molar-refractivity contribution < 1.29 is 55.3 Å². The number of hydrogen-bond acceptors (Lipinski definition) is 12. The molecular formula is C66H86O12P2. The van der Waals surface area contributed by atoms with E-state index in [1.807, 2.05) is 77.9 Å². The molecule has 0 aromatic heterocycles. The van der Waals surface area contributed by atoms with E-state index in [1.165, 1.54) is 0 Å². The van der Waals surface area contributed by atoms with Crippen molar-refractivity contribution in [2.45, 2.75) is 121 Å². The molecule has 0 aliphatic carbocycles. The fraction of sp³-hybridized carbons (Fsp3) is 0.333. The number of phosphoric ester groups is 2. The summed E-state index contributed by atoms with van der Waals surface area (Å²) in [5.41, 5.74) is 0.582. The fourth-order valence-corrected chi connectivity index (χ4v) is 9.46. The van der Waals surface area contributed by atoms with Gasteiger partial charge < -0.3 is 36.6 Å². The van der Waals surface area contributed by atoms with Gasteiger partial charge in [-0.3, -0.25) is 0 Å². The van der Waals surface area contributed by atoms with E-state index >= 15 is 0 Å². The standard InChI is InChI=1S/C24H38O4.2C18H15O4P.3C2H6/c1-5-9-13-19(7-3)17-27-23(25)21-15-11-12-16-22(21)24(26)28-18-20(8-4)14-10-6-2;2*19-23(20-16-10-4-1-5-11-16,21-17-12-6-2-7-13-17)22-18-14-8-3-9-15-18;3*1-2/h11-12,15-16,19-20H,5-10,13-14,17-18H2,1-4H3;2*1-15H;3*1-2H3. The van der Waals surface area contributed by atoms with Crippen LogP contribution in [-0.2, 0) is 18.6 Å². The monoisotopic (exact) mass is 1130 g/mol. The smallest absolute Gasteiger partial charge is 0.462 e. The predicted molar refractivity (Wildman–Crippen MR) is 325 cm³/mol. The number of carbonyl (C=O) groups excluding carboxylic acids is 2. The van der Waals surface area contributed by atoms with Crippen LogP contribution in [-0.4, -0.2) is 25.2 Å². The largest absolute Gasteiger partial charge is 0.647 e. The lowest BCUT2D eigenvalue weighted by atomic mass is 10.0. The van der Waals surface area contributed by atoms with Crippen LogP contribution in [0.25, 0.3) is 0 Å². The molecule has 7 rings (SSSR count). The normalized spacial score (nSPS) is 11.0. The van der Waals surface area contributed by atoms with Crippen molar-refractivity contribution in [3.8, 4) is 34.5 Å². The first-order valence-corrected chi connectivity index (χ1v) is 31.1. The Morgan fingerprint density at radius 2 is 0.537 bits per heavy atom. The Labute approximate surface area is 478 Å².